The standard InChI is InChI=1S/C12H8F.BrH.Mg/c13-12-8-4-7-11(9-12)10-5-2-1-3-6-10;;/h1-5,7-9H;1H;/q;;+1/p-1. The fraction of sp³-hybridized carbons (Fsp3) is 0. The molecule has 0 radical (unpaired) electrons. The van der Waals surface area contributed by atoms with Crippen molar-refractivity contribution < 1.29 is 4.39 Å². The molecule has 0 N–H and O–H groups in total. The number of halogens is 2. The first-order chi connectivity index (χ1) is 7.31. The molecule has 0 nitrogen and oxygen atoms in total. The van der Waals surface area contributed by atoms with E-state index in [1.54, 1.807) is 12.1 Å². The molecular weight excluding hydrogens is 267 g/mol. The highest BCUT2D eigenvalue weighted by Gasteiger charge is 2.05. The molecule has 0 aliphatic heterocycles. The van der Waals surface area contributed by atoms with Crippen LogP contribution in [0.5, 0.6) is 0 Å². The second kappa shape index (κ2) is 5.10. The minimum Gasteiger partial charge on any atom is -0.296 e. The number of hydrogen-bond donors (Lipinski definition) is 0. The van der Waals surface area contributed by atoms with Crippen LogP contribution >= 0.6 is 12.9 Å². The molecule has 0 atom stereocenters. The van der Waals surface area contributed by atoms with Crippen LogP contribution in [-0.4, -0.2) is 18.2 Å². The van der Waals surface area contributed by atoms with Crippen LogP contribution in [0.15, 0.2) is 48.5 Å². The van der Waals surface area contributed by atoms with Gasteiger partial charge in [0, 0.05) is 0 Å². The average Bonchev–Trinajstić information content (AvgIpc) is 2.29. The smallest absolute Gasteiger partial charge is 0.296 e. The molecule has 2 aromatic carbocycles. The van der Waals surface area contributed by atoms with E-state index in [9.17, 15) is 4.39 Å². The summed E-state index contributed by atoms with van der Waals surface area (Å²) in [7, 11) is 0. The first-order valence-corrected chi connectivity index (χ1v) is 9.31. The maximum atomic E-state index is 13.1. The Morgan fingerprint density at radius 3 is 2.53 bits per heavy atom. The predicted molar refractivity (Wildman–Crippen MR) is 66.2 cm³/mol. The van der Waals surface area contributed by atoms with Gasteiger partial charge >= 0.3 is 18.2 Å². The van der Waals surface area contributed by atoms with E-state index in [4.69, 9.17) is 0 Å². The molecule has 2 rings (SSSR count). The van der Waals surface area contributed by atoms with E-state index in [2.05, 4.69) is 19.0 Å². The molecule has 0 spiro atoms. The molecule has 0 unspecified atom stereocenters. The highest BCUT2D eigenvalue weighted by atomic mass is 79.9. The minimum atomic E-state index is -0.404. The monoisotopic (exact) mass is 274 g/mol. The van der Waals surface area contributed by atoms with Gasteiger partial charge in [-0.1, -0.05) is 36.4 Å². The Labute approximate surface area is 104 Å². The molecular formula is C12H8BrFMg. The molecule has 0 heterocycles. The van der Waals surface area contributed by atoms with E-state index in [1.807, 2.05) is 24.3 Å². The maximum absolute atomic E-state index is 13.1. The summed E-state index contributed by atoms with van der Waals surface area (Å²) < 4.78 is 14.4. The van der Waals surface area contributed by atoms with Gasteiger partial charge in [-0.05, 0) is 23.3 Å². The van der Waals surface area contributed by atoms with Crippen molar-refractivity contribution in [2.45, 2.75) is 0 Å². The number of benzene rings is 2. The molecule has 0 saturated carbocycles. The van der Waals surface area contributed by atoms with Crippen molar-refractivity contribution >= 4 is 34.8 Å². The Morgan fingerprint density at radius 1 is 1.00 bits per heavy atom. The average molecular weight is 275 g/mol. The fourth-order valence-electron chi connectivity index (χ4n) is 1.57. The van der Waals surface area contributed by atoms with Crippen molar-refractivity contribution in [2.75, 3.05) is 0 Å². The van der Waals surface area contributed by atoms with Crippen LogP contribution < -0.4 is 3.69 Å². The van der Waals surface area contributed by atoms with Gasteiger partial charge in [-0.3, -0.25) is 12.9 Å². The Hall–Kier alpha value is -0.384. The van der Waals surface area contributed by atoms with E-state index >= 15 is 0 Å². The summed E-state index contributed by atoms with van der Waals surface area (Å²) in [6.45, 7) is 0. The Bertz CT molecular complexity index is 471. The largest absolute Gasteiger partial charge is 0.507 e. The topological polar surface area (TPSA) is 0 Å². The summed E-state index contributed by atoms with van der Waals surface area (Å²) in [4.78, 5) is 0. The predicted octanol–water partition coefficient (Wildman–Crippen LogP) is 3.13. The van der Waals surface area contributed by atoms with Crippen LogP contribution in [0.4, 0.5) is 4.39 Å². The van der Waals surface area contributed by atoms with Crippen molar-refractivity contribution in [3.63, 3.8) is 0 Å². The van der Waals surface area contributed by atoms with E-state index in [-0.39, 0.29) is 5.82 Å². The van der Waals surface area contributed by atoms with Crippen molar-refractivity contribution in [1.82, 2.24) is 0 Å². The molecule has 0 bridgehead atoms. The lowest BCUT2D eigenvalue weighted by Gasteiger charge is -2.07. The molecule has 15 heavy (non-hydrogen) atoms. The van der Waals surface area contributed by atoms with Gasteiger partial charge in [-0.25, -0.2) is 4.39 Å². The minimum absolute atomic E-state index is 0.182. The molecule has 0 aliphatic carbocycles. The van der Waals surface area contributed by atoms with Gasteiger partial charge in [0.1, 0.15) is 5.82 Å². The third-order valence-electron chi connectivity index (χ3n) is 2.30. The third-order valence-corrected chi connectivity index (χ3v) is 5.01. The third kappa shape index (κ3) is 2.59. The zero-order valence-electron chi connectivity index (χ0n) is 8.08. The normalized spacial score (nSPS) is 9.73. The van der Waals surface area contributed by atoms with Gasteiger partial charge in [0.05, 0.1) is 0 Å². The van der Waals surface area contributed by atoms with Crippen LogP contribution in [0.1, 0.15) is 0 Å². The number of rotatable bonds is 2. The highest BCUT2D eigenvalue weighted by Crippen LogP contribution is 2.18. The first kappa shape index (κ1) is 11.1. The summed E-state index contributed by atoms with van der Waals surface area (Å²) in [5, 5.41) is 0. The molecule has 72 valence electrons. The van der Waals surface area contributed by atoms with E-state index in [1.165, 1.54) is 9.76 Å². The summed E-state index contributed by atoms with van der Waals surface area (Å²) in [5.74, 6) is -0.182. The van der Waals surface area contributed by atoms with Gasteiger partial charge in [-0.15, -0.1) is 3.69 Å². The summed E-state index contributed by atoms with van der Waals surface area (Å²) >= 11 is 3.17. The van der Waals surface area contributed by atoms with Crippen LogP contribution in [0.3, 0.4) is 0 Å². The Kier molecular flexibility index (Phi) is 3.78. The summed E-state index contributed by atoms with van der Waals surface area (Å²) in [5.41, 5.74) is 2.10. The lowest BCUT2D eigenvalue weighted by molar-refractivity contribution is 0.628. The summed E-state index contributed by atoms with van der Waals surface area (Å²) in [6, 6.07) is 14.9. The molecule has 2 aromatic rings. The van der Waals surface area contributed by atoms with Crippen molar-refractivity contribution in [3.8, 4) is 11.1 Å². The van der Waals surface area contributed by atoms with Crippen molar-refractivity contribution in [1.29, 1.82) is 0 Å². The van der Waals surface area contributed by atoms with Gasteiger partial charge in [-0.2, -0.15) is 0 Å². The molecule has 3 heteroatoms. The van der Waals surface area contributed by atoms with Crippen LogP contribution in [0, 0.1) is 5.82 Å². The molecule has 0 amide bonds. The van der Waals surface area contributed by atoms with E-state index in [0.29, 0.717) is 0 Å². The molecule has 0 aliphatic rings. The van der Waals surface area contributed by atoms with E-state index in [0.717, 1.165) is 11.1 Å². The maximum Gasteiger partial charge on any atom is 0.507 e. The molecule has 0 aromatic heterocycles. The lowest BCUT2D eigenvalue weighted by Crippen LogP contribution is -2.11. The molecule has 0 saturated heterocycles. The Balaban J connectivity index is 2.53. The van der Waals surface area contributed by atoms with Crippen LogP contribution in [-0.2, 0) is 0 Å². The molecule has 0 fully saturated rings. The van der Waals surface area contributed by atoms with Crippen LogP contribution in [0.2, 0.25) is 0 Å². The van der Waals surface area contributed by atoms with Gasteiger partial charge in [0.15, 0.2) is 0 Å². The fourth-order valence-corrected chi connectivity index (χ4v) is 3.73. The zero-order valence-corrected chi connectivity index (χ0v) is 11.1. The van der Waals surface area contributed by atoms with Crippen molar-refractivity contribution in [3.05, 3.63) is 54.3 Å². The first-order valence-electron chi connectivity index (χ1n) is 4.71. The highest BCUT2D eigenvalue weighted by molar-refractivity contribution is 9.23. The second-order valence-corrected chi connectivity index (χ2v) is 6.01. The summed E-state index contributed by atoms with van der Waals surface area (Å²) in [6.07, 6.45) is 0. The van der Waals surface area contributed by atoms with Crippen molar-refractivity contribution in [2.24, 2.45) is 0 Å². The van der Waals surface area contributed by atoms with Gasteiger partial charge in [0.25, 0.3) is 0 Å². The van der Waals surface area contributed by atoms with Gasteiger partial charge < -0.3 is 0 Å². The quantitative estimate of drug-likeness (QED) is 0.739. The second-order valence-electron chi connectivity index (χ2n) is 3.30. The SMILES string of the molecule is Fc1cccc(-c2cccc[c]2[Mg][Br])c1. The van der Waals surface area contributed by atoms with Gasteiger partial charge in [0.2, 0.25) is 0 Å². The van der Waals surface area contributed by atoms with Crippen LogP contribution in [0.25, 0.3) is 11.1 Å². The zero-order chi connectivity index (χ0) is 10.7. The Morgan fingerprint density at radius 2 is 1.80 bits per heavy atom. The number of hydrogen-bond acceptors (Lipinski definition) is 0. The van der Waals surface area contributed by atoms with E-state index < -0.39 is 18.2 Å². The lowest BCUT2D eigenvalue weighted by atomic mass is 10.1.